The van der Waals surface area contributed by atoms with E-state index >= 15 is 0 Å². The molecule has 1 saturated carbocycles. The normalized spacial score (nSPS) is 17.6. The second-order valence-electron chi connectivity index (χ2n) is 3.89. The summed E-state index contributed by atoms with van der Waals surface area (Å²) in [4.78, 5) is 12.5. The van der Waals surface area contributed by atoms with Gasteiger partial charge in [-0.3, -0.25) is 4.90 Å². The van der Waals surface area contributed by atoms with Gasteiger partial charge in [0.1, 0.15) is 0 Å². The van der Waals surface area contributed by atoms with E-state index in [1.165, 1.54) is 25.3 Å². The lowest BCUT2D eigenvalue weighted by atomic mass is 9.85. The van der Waals surface area contributed by atoms with Crippen LogP contribution in [0.4, 0.5) is 0 Å². The van der Waals surface area contributed by atoms with Crippen LogP contribution < -0.4 is 0 Å². The number of carboxylic acids is 1. The van der Waals surface area contributed by atoms with E-state index in [-0.39, 0.29) is 0 Å². The summed E-state index contributed by atoms with van der Waals surface area (Å²) < 4.78 is 0. The first-order chi connectivity index (χ1) is 6.72. The highest BCUT2D eigenvalue weighted by Gasteiger charge is 2.19. The molecule has 0 aromatic carbocycles. The fraction of sp³-hybridized carbons (Fsp3) is 0.727. The Hall–Kier alpha value is -0.830. The monoisotopic (exact) mass is 197 g/mol. The molecule has 80 valence electrons. The number of carboxylic acid groups (broad SMARTS) is 1. The molecule has 0 aliphatic heterocycles. The van der Waals surface area contributed by atoms with Crippen molar-refractivity contribution in [3.63, 3.8) is 0 Å². The molecule has 1 aliphatic carbocycles. The van der Waals surface area contributed by atoms with Crippen LogP contribution in [0.1, 0.15) is 26.2 Å². The quantitative estimate of drug-likeness (QED) is 0.659. The average Bonchev–Trinajstić information content (AvgIpc) is 2.07. The average molecular weight is 197 g/mol. The topological polar surface area (TPSA) is 40.5 Å². The second kappa shape index (κ2) is 5.81. The van der Waals surface area contributed by atoms with E-state index in [1.807, 2.05) is 0 Å². The van der Waals surface area contributed by atoms with Crippen LogP contribution >= 0.6 is 0 Å². The maximum atomic E-state index is 10.3. The van der Waals surface area contributed by atoms with Gasteiger partial charge in [-0.1, -0.05) is 19.4 Å². The molecule has 0 radical (unpaired) electrons. The number of aliphatic carboxylic acids is 1. The number of hydrogen-bond acceptors (Lipinski definition) is 2. The first kappa shape index (κ1) is 11.2. The molecule has 1 fully saturated rings. The third-order valence-electron chi connectivity index (χ3n) is 2.81. The van der Waals surface area contributed by atoms with Gasteiger partial charge in [-0.25, -0.2) is 4.79 Å². The number of carbonyl (C=O) groups is 1. The zero-order valence-corrected chi connectivity index (χ0v) is 8.78. The summed E-state index contributed by atoms with van der Waals surface area (Å²) in [6.07, 6.45) is 7.01. The Morgan fingerprint density at radius 1 is 1.57 bits per heavy atom. The molecule has 3 nitrogen and oxygen atoms in total. The highest BCUT2D eigenvalue weighted by Crippen LogP contribution is 2.26. The van der Waals surface area contributed by atoms with Crippen molar-refractivity contribution in [1.82, 2.24) is 4.90 Å². The van der Waals surface area contributed by atoms with E-state index in [4.69, 9.17) is 5.11 Å². The van der Waals surface area contributed by atoms with Crippen molar-refractivity contribution in [3.05, 3.63) is 12.2 Å². The number of likely N-dealkylation sites (N-methyl/N-ethyl adjacent to an activating group) is 1. The van der Waals surface area contributed by atoms with E-state index in [9.17, 15) is 4.79 Å². The lowest BCUT2D eigenvalue weighted by Gasteiger charge is -2.31. The first-order valence-electron chi connectivity index (χ1n) is 5.34. The Morgan fingerprint density at radius 2 is 2.29 bits per heavy atom. The van der Waals surface area contributed by atoms with E-state index in [0.29, 0.717) is 0 Å². The lowest BCUT2D eigenvalue weighted by Crippen LogP contribution is -2.32. The summed E-state index contributed by atoms with van der Waals surface area (Å²) >= 11 is 0. The lowest BCUT2D eigenvalue weighted by molar-refractivity contribution is -0.131. The Kier molecular flexibility index (Phi) is 4.66. The van der Waals surface area contributed by atoms with E-state index in [0.717, 1.165) is 25.6 Å². The molecule has 3 heteroatoms. The standard InChI is InChI=1S/C11H19NO2/c1-2-12(8-4-7-11(13)14)9-10-5-3-6-10/h4,7,10H,2-3,5-6,8-9H2,1H3,(H,13,14)/b7-4+. The predicted molar refractivity (Wildman–Crippen MR) is 56.2 cm³/mol. The van der Waals surface area contributed by atoms with Gasteiger partial charge in [0.05, 0.1) is 0 Å². The van der Waals surface area contributed by atoms with Crippen LogP contribution in [0.5, 0.6) is 0 Å². The number of nitrogens with zero attached hydrogens (tertiary/aromatic N) is 1. The van der Waals surface area contributed by atoms with Gasteiger partial charge in [-0.05, 0) is 25.3 Å². The largest absolute Gasteiger partial charge is 0.478 e. The Labute approximate surface area is 85.4 Å². The smallest absolute Gasteiger partial charge is 0.328 e. The van der Waals surface area contributed by atoms with Crippen LogP contribution in [-0.2, 0) is 4.79 Å². The maximum absolute atomic E-state index is 10.3. The van der Waals surface area contributed by atoms with Crippen molar-refractivity contribution < 1.29 is 9.90 Å². The number of hydrogen-bond donors (Lipinski definition) is 1. The van der Waals surface area contributed by atoms with Gasteiger partial charge in [0.15, 0.2) is 0 Å². The molecular formula is C11H19NO2. The molecule has 1 aliphatic rings. The summed E-state index contributed by atoms with van der Waals surface area (Å²) in [5, 5.41) is 8.43. The van der Waals surface area contributed by atoms with Crippen LogP contribution in [-0.4, -0.2) is 35.6 Å². The highest BCUT2D eigenvalue weighted by atomic mass is 16.4. The summed E-state index contributed by atoms with van der Waals surface area (Å²) in [5.41, 5.74) is 0. The molecule has 0 spiro atoms. The predicted octanol–water partition coefficient (Wildman–Crippen LogP) is 1.75. The molecule has 0 amide bonds. The number of rotatable bonds is 6. The molecule has 0 heterocycles. The van der Waals surface area contributed by atoms with Crippen LogP contribution in [0, 0.1) is 5.92 Å². The van der Waals surface area contributed by atoms with Crippen molar-refractivity contribution >= 4 is 5.97 Å². The first-order valence-corrected chi connectivity index (χ1v) is 5.34. The summed E-state index contributed by atoms with van der Waals surface area (Å²) in [6.45, 7) is 5.01. The van der Waals surface area contributed by atoms with Crippen LogP contribution in [0.3, 0.4) is 0 Å². The molecule has 0 saturated heterocycles. The molecule has 0 unspecified atom stereocenters. The van der Waals surface area contributed by atoms with Crippen molar-refractivity contribution in [3.8, 4) is 0 Å². The highest BCUT2D eigenvalue weighted by molar-refractivity contribution is 5.79. The summed E-state index contributed by atoms with van der Waals surface area (Å²) in [5.74, 6) is -0.00197. The Bertz CT molecular complexity index is 209. The third-order valence-corrected chi connectivity index (χ3v) is 2.81. The van der Waals surface area contributed by atoms with Crippen LogP contribution in [0.15, 0.2) is 12.2 Å². The van der Waals surface area contributed by atoms with Gasteiger partial charge < -0.3 is 5.11 Å². The van der Waals surface area contributed by atoms with E-state index in [2.05, 4.69) is 11.8 Å². The minimum absolute atomic E-state index is 0.763. The molecule has 14 heavy (non-hydrogen) atoms. The van der Waals surface area contributed by atoms with Gasteiger partial charge in [0.25, 0.3) is 0 Å². The van der Waals surface area contributed by atoms with Gasteiger partial charge in [-0.2, -0.15) is 0 Å². The summed E-state index contributed by atoms with van der Waals surface area (Å²) in [7, 11) is 0. The minimum atomic E-state index is -0.857. The van der Waals surface area contributed by atoms with E-state index in [1.54, 1.807) is 6.08 Å². The fourth-order valence-corrected chi connectivity index (χ4v) is 1.68. The maximum Gasteiger partial charge on any atom is 0.328 e. The molecule has 1 N–H and O–H groups in total. The zero-order valence-electron chi connectivity index (χ0n) is 8.78. The Balaban J connectivity index is 2.19. The third kappa shape index (κ3) is 3.92. The molecule has 0 aromatic rings. The molecule has 0 atom stereocenters. The Morgan fingerprint density at radius 3 is 2.71 bits per heavy atom. The molecule has 0 bridgehead atoms. The van der Waals surface area contributed by atoms with Crippen molar-refractivity contribution in [2.45, 2.75) is 26.2 Å². The minimum Gasteiger partial charge on any atom is -0.478 e. The van der Waals surface area contributed by atoms with Crippen molar-refractivity contribution in [2.24, 2.45) is 5.92 Å². The second-order valence-corrected chi connectivity index (χ2v) is 3.89. The van der Waals surface area contributed by atoms with Gasteiger partial charge >= 0.3 is 5.97 Å². The zero-order chi connectivity index (χ0) is 10.4. The van der Waals surface area contributed by atoms with Gasteiger partial charge in [0.2, 0.25) is 0 Å². The SMILES string of the molecule is CCN(C/C=C/C(=O)O)CC1CCC1. The summed E-state index contributed by atoms with van der Waals surface area (Å²) in [6, 6.07) is 0. The molecular weight excluding hydrogens is 178 g/mol. The molecule has 1 rings (SSSR count). The molecule has 0 aromatic heterocycles. The van der Waals surface area contributed by atoms with Crippen LogP contribution in [0.2, 0.25) is 0 Å². The van der Waals surface area contributed by atoms with Crippen molar-refractivity contribution in [1.29, 1.82) is 0 Å². The van der Waals surface area contributed by atoms with Crippen LogP contribution in [0.25, 0.3) is 0 Å². The van der Waals surface area contributed by atoms with Crippen molar-refractivity contribution in [2.75, 3.05) is 19.6 Å². The van der Waals surface area contributed by atoms with Gasteiger partial charge in [0, 0.05) is 19.2 Å². The fourth-order valence-electron chi connectivity index (χ4n) is 1.68. The van der Waals surface area contributed by atoms with Gasteiger partial charge in [-0.15, -0.1) is 0 Å². The van der Waals surface area contributed by atoms with E-state index < -0.39 is 5.97 Å².